The molecule has 5 heteroatoms. The molecule has 2 saturated heterocycles. The SMILES string of the molecule is CN1CCC(N2C(=O)C(CC3CCNC3)c3cc(C#N)ccc32)CC1. The lowest BCUT2D eigenvalue weighted by Gasteiger charge is -2.35. The largest absolute Gasteiger partial charge is 0.316 e. The first kappa shape index (κ1) is 16.6. The molecular weight excluding hydrogens is 312 g/mol. The van der Waals surface area contributed by atoms with E-state index in [1.807, 2.05) is 18.2 Å². The highest BCUT2D eigenvalue weighted by Gasteiger charge is 2.42. The van der Waals surface area contributed by atoms with E-state index in [4.69, 9.17) is 0 Å². The van der Waals surface area contributed by atoms with Crippen molar-refractivity contribution in [2.24, 2.45) is 5.92 Å². The Morgan fingerprint density at radius 1 is 1.28 bits per heavy atom. The van der Waals surface area contributed by atoms with Crippen LogP contribution in [0.5, 0.6) is 0 Å². The lowest BCUT2D eigenvalue weighted by Crippen LogP contribution is -2.45. The van der Waals surface area contributed by atoms with Crippen LogP contribution in [0.15, 0.2) is 18.2 Å². The zero-order chi connectivity index (χ0) is 17.4. The van der Waals surface area contributed by atoms with Gasteiger partial charge < -0.3 is 15.1 Å². The van der Waals surface area contributed by atoms with Gasteiger partial charge in [0.1, 0.15) is 0 Å². The molecule has 1 N–H and O–H groups in total. The Morgan fingerprint density at radius 3 is 2.76 bits per heavy atom. The summed E-state index contributed by atoms with van der Waals surface area (Å²) in [6, 6.07) is 8.34. The van der Waals surface area contributed by atoms with Crippen molar-refractivity contribution in [1.29, 1.82) is 5.26 Å². The monoisotopic (exact) mass is 338 g/mol. The normalized spacial score (nSPS) is 27.5. The summed E-state index contributed by atoms with van der Waals surface area (Å²) in [6.45, 7) is 4.13. The summed E-state index contributed by atoms with van der Waals surface area (Å²) >= 11 is 0. The number of carbonyl (C=O) groups excluding carboxylic acids is 1. The standard InChI is InChI=1S/C20H26N4O/c1-23-8-5-16(6-9-23)24-19-3-2-14(12-21)10-17(19)18(20(24)25)11-15-4-7-22-13-15/h2-3,10,15-16,18,22H,4-9,11,13H2,1H3. The molecule has 1 aromatic rings. The summed E-state index contributed by atoms with van der Waals surface area (Å²) < 4.78 is 0. The first-order valence-corrected chi connectivity index (χ1v) is 9.43. The number of hydrogen-bond donors (Lipinski definition) is 1. The molecule has 3 heterocycles. The number of amides is 1. The lowest BCUT2D eigenvalue weighted by atomic mass is 9.88. The Kier molecular flexibility index (Phi) is 4.49. The van der Waals surface area contributed by atoms with Crippen molar-refractivity contribution in [3.63, 3.8) is 0 Å². The predicted molar refractivity (Wildman–Crippen MR) is 97.5 cm³/mol. The Morgan fingerprint density at radius 2 is 2.08 bits per heavy atom. The molecule has 2 unspecified atom stereocenters. The number of likely N-dealkylation sites (tertiary alicyclic amines) is 1. The molecular formula is C20H26N4O. The Balaban J connectivity index is 1.65. The molecule has 4 rings (SSSR count). The Bertz CT molecular complexity index is 696. The summed E-state index contributed by atoms with van der Waals surface area (Å²) in [5.74, 6) is 0.740. The first-order valence-electron chi connectivity index (χ1n) is 9.43. The minimum Gasteiger partial charge on any atom is -0.316 e. The highest BCUT2D eigenvalue weighted by atomic mass is 16.2. The molecule has 3 aliphatic heterocycles. The van der Waals surface area contributed by atoms with Gasteiger partial charge in [-0.15, -0.1) is 0 Å². The van der Waals surface area contributed by atoms with Gasteiger partial charge in [-0.1, -0.05) is 0 Å². The van der Waals surface area contributed by atoms with Crippen LogP contribution >= 0.6 is 0 Å². The molecule has 1 aromatic carbocycles. The minimum absolute atomic E-state index is 0.0761. The first-order chi connectivity index (χ1) is 12.2. The van der Waals surface area contributed by atoms with Gasteiger partial charge in [-0.2, -0.15) is 5.26 Å². The van der Waals surface area contributed by atoms with Crippen molar-refractivity contribution in [2.75, 3.05) is 38.1 Å². The summed E-state index contributed by atoms with van der Waals surface area (Å²) in [6.07, 6.45) is 4.10. The number of nitrogens with zero attached hydrogens (tertiary/aromatic N) is 3. The lowest BCUT2D eigenvalue weighted by molar-refractivity contribution is -0.120. The molecule has 5 nitrogen and oxygen atoms in total. The smallest absolute Gasteiger partial charge is 0.234 e. The van der Waals surface area contributed by atoms with E-state index < -0.39 is 0 Å². The molecule has 0 spiro atoms. The van der Waals surface area contributed by atoms with Gasteiger partial charge >= 0.3 is 0 Å². The molecule has 0 aromatic heterocycles. The fourth-order valence-electron chi connectivity index (χ4n) is 4.65. The minimum atomic E-state index is -0.0761. The third kappa shape index (κ3) is 3.05. The van der Waals surface area contributed by atoms with Crippen molar-refractivity contribution >= 4 is 11.6 Å². The maximum atomic E-state index is 13.3. The van der Waals surface area contributed by atoms with Crippen LogP contribution in [0.2, 0.25) is 0 Å². The topological polar surface area (TPSA) is 59.4 Å². The van der Waals surface area contributed by atoms with Gasteiger partial charge in [0.05, 0.1) is 17.6 Å². The number of carbonyl (C=O) groups is 1. The molecule has 25 heavy (non-hydrogen) atoms. The van der Waals surface area contributed by atoms with Gasteiger partial charge in [0, 0.05) is 11.7 Å². The number of anilines is 1. The number of nitriles is 1. The molecule has 0 saturated carbocycles. The van der Waals surface area contributed by atoms with Gasteiger partial charge in [0.15, 0.2) is 0 Å². The van der Waals surface area contributed by atoms with Crippen molar-refractivity contribution in [3.8, 4) is 6.07 Å². The highest BCUT2D eigenvalue weighted by Crippen LogP contribution is 2.44. The van der Waals surface area contributed by atoms with Gasteiger partial charge in [0.2, 0.25) is 5.91 Å². The molecule has 1 amide bonds. The van der Waals surface area contributed by atoms with E-state index >= 15 is 0 Å². The molecule has 0 bridgehead atoms. The molecule has 0 radical (unpaired) electrons. The van der Waals surface area contributed by atoms with Crippen LogP contribution in [-0.2, 0) is 4.79 Å². The van der Waals surface area contributed by atoms with Gasteiger partial charge in [-0.05, 0) is 88.6 Å². The van der Waals surface area contributed by atoms with E-state index in [1.54, 1.807) is 0 Å². The second-order valence-corrected chi connectivity index (χ2v) is 7.78. The number of hydrogen-bond acceptors (Lipinski definition) is 4. The zero-order valence-electron chi connectivity index (χ0n) is 14.9. The molecule has 0 aliphatic carbocycles. The van der Waals surface area contributed by atoms with E-state index in [2.05, 4.69) is 28.2 Å². The highest BCUT2D eigenvalue weighted by molar-refractivity contribution is 6.05. The zero-order valence-corrected chi connectivity index (χ0v) is 14.9. The van der Waals surface area contributed by atoms with Crippen LogP contribution in [0, 0.1) is 17.2 Å². The van der Waals surface area contributed by atoms with Crippen molar-refractivity contribution in [2.45, 2.75) is 37.6 Å². The average molecular weight is 338 g/mol. The molecule has 3 aliphatic rings. The molecule has 132 valence electrons. The van der Waals surface area contributed by atoms with Gasteiger partial charge in [-0.3, -0.25) is 4.79 Å². The van der Waals surface area contributed by atoms with E-state index in [1.165, 1.54) is 0 Å². The second-order valence-electron chi connectivity index (χ2n) is 7.78. The number of nitrogens with one attached hydrogen (secondary N) is 1. The van der Waals surface area contributed by atoms with Crippen molar-refractivity contribution in [3.05, 3.63) is 29.3 Å². The van der Waals surface area contributed by atoms with Crippen LogP contribution in [-0.4, -0.2) is 50.1 Å². The fourth-order valence-corrected chi connectivity index (χ4v) is 4.65. The van der Waals surface area contributed by atoms with Gasteiger partial charge in [0.25, 0.3) is 0 Å². The summed E-state index contributed by atoms with van der Waals surface area (Å²) in [5.41, 5.74) is 2.79. The van der Waals surface area contributed by atoms with Crippen molar-refractivity contribution in [1.82, 2.24) is 10.2 Å². The summed E-state index contributed by atoms with van der Waals surface area (Å²) in [4.78, 5) is 17.7. The van der Waals surface area contributed by atoms with E-state index in [0.29, 0.717) is 17.5 Å². The van der Waals surface area contributed by atoms with Crippen molar-refractivity contribution < 1.29 is 4.79 Å². The van der Waals surface area contributed by atoms with Crippen LogP contribution in [0.4, 0.5) is 5.69 Å². The van der Waals surface area contributed by atoms with E-state index in [9.17, 15) is 10.1 Å². The van der Waals surface area contributed by atoms with Gasteiger partial charge in [-0.25, -0.2) is 0 Å². The van der Waals surface area contributed by atoms with Crippen LogP contribution in [0.1, 0.15) is 42.7 Å². The van der Waals surface area contributed by atoms with Crippen LogP contribution in [0.25, 0.3) is 0 Å². The number of fused-ring (bicyclic) bond motifs is 1. The maximum absolute atomic E-state index is 13.3. The summed E-state index contributed by atoms with van der Waals surface area (Å²) in [5, 5.41) is 12.7. The third-order valence-corrected chi connectivity index (χ3v) is 6.11. The fraction of sp³-hybridized carbons (Fsp3) is 0.600. The van der Waals surface area contributed by atoms with E-state index in [0.717, 1.165) is 63.1 Å². The van der Waals surface area contributed by atoms with Crippen LogP contribution < -0.4 is 10.2 Å². The maximum Gasteiger partial charge on any atom is 0.234 e. The average Bonchev–Trinajstić information content (AvgIpc) is 3.23. The Hall–Kier alpha value is -1.90. The van der Waals surface area contributed by atoms with Crippen LogP contribution in [0.3, 0.4) is 0 Å². The third-order valence-electron chi connectivity index (χ3n) is 6.11. The second kappa shape index (κ2) is 6.78. The quantitative estimate of drug-likeness (QED) is 0.917. The molecule has 2 fully saturated rings. The number of rotatable bonds is 3. The molecule has 2 atom stereocenters. The predicted octanol–water partition coefficient (Wildman–Crippen LogP) is 2.08. The number of benzene rings is 1. The van der Waals surface area contributed by atoms with E-state index in [-0.39, 0.29) is 11.8 Å². The summed E-state index contributed by atoms with van der Waals surface area (Å²) in [7, 11) is 2.14. The number of piperidine rings is 1. The Labute approximate surface area is 149 Å².